The second-order valence-electron chi connectivity index (χ2n) is 5.62. The van der Waals surface area contributed by atoms with Gasteiger partial charge in [0.05, 0.1) is 6.61 Å². The number of nitrogens with one attached hydrogen (secondary N) is 1. The molecule has 0 amide bonds. The molecule has 20 heavy (non-hydrogen) atoms. The Morgan fingerprint density at radius 3 is 2.75 bits per heavy atom. The molecule has 4 heteroatoms. The second kappa shape index (κ2) is 8.93. The minimum absolute atomic E-state index is 0.672. The summed E-state index contributed by atoms with van der Waals surface area (Å²) >= 11 is 0. The number of ether oxygens (including phenoxy) is 1. The Labute approximate surface area is 123 Å². The van der Waals surface area contributed by atoms with Gasteiger partial charge in [-0.25, -0.2) is 4.98 Å². The molecule has 0 unspecified atom stereocenters. The van der Waals surface area contributed by atoms with Crippen LogP contribution in [0, 0.1) is 12.8 Å². The summed E-state index contributed by atoms with van der Waals surface area (Å²) in [4.78, 5) is 6.75. The first-order valence-electron chi connectivity index (χ1n) is 7.50. The molecule has 0 saturated carbocycles. The van der Waals surface area contributed by atoms with Crippen LogP contribution in [-0.4, -0.2) is 38.3 Å². The highest BCUT2D eigenvalue weighted by Crippen LogP contribution is 2.13. The molecule has 0 radical (unpaired) electrons. The Kier molecular flexibility index (Phi) is 7.55. The van der Waals surface area contributed by atoms with Gasteiger partial charge in [-0.3, -0.25) is 0 Å². The lowest BCUT2D eigenvalue weighted by Crippen LogP contribution is -2.24. The fourth-order valence-electron chi connectivity index (χ4n) is 1.98. The fourth-order valence-corrected chi connectivity index (χ4v) is 1.98. The Morgan fingerprint density at radius 2 is 2.10 bits per heavy atom. The van der Waals surface area contributed by atoms with E-state index in [1.54, 1.807) is 0 Å². The number of hydrogen-bond donors (Lipinski definition) is 1. The summed E-state index contributed by atoms with van der Waals surface area (Å²) in [5, 5.41) is 3.48. The molecule has 1 aromatic heterocycles. The van der Waals surface area contributed by atoms with Gasteiger partial charge in [0.25, 0.3) is 0 Å². The molecule has 114 valence electrons. The number of hydrogen-bond acceptors (Lipinski definition) is 4. The van der Waals surface area contributed by atoms with Crippen LogP contribution < -0.4 is 10.2 Å². The van der Waals surface area contributed by atoms with Gasteiger partial charge in [0.15, 0.2) is 0 Å². The molecule has 1 heterocycles. The Bertz CT molecular complexity index is 393. The molecule has 0 aliphatic heterocycles. The maximum Gasteiger partial charge on any atom is 0.128 e. The number of likely N-dealkylation sites (N-methyl/N-ethyl adjacent to an activating group) is 1. The summed E-state index contributed by atoms with van der Waals surface area (Å²) in [6.07, 6.45) is 0. The summed E-state index contributed by atoms with van der Waals surface area (Å²) in [6.45, 7) is 12.8. The molecule has 0 aromatic carbocycles. The average Bonchev–Trinajstić information content (AvgIpc) is 2.37. The van der Waals surface area contributed by atoms with Gasteiger partial charge in [-0.1, -0.05) is 13.8 Å². The van der Waals surface area contributed by atoms with Crippen molar-refractivity contribution in [2.45, 2.75) is 34.2 Å². The quantitative estimate of drug-likeness (QED) is 0.705. The summed E-state index contributed by atoms with van der Waals surface area (Å²) in [7, 11) is 2.06. The molecule has 1 aromatic rings. The topological polar surface area (TPSA) is 37.4 Å². The number of nitrogens with zero attached hydrogens (tertiary/aromatic N) is 2. The van der Waals surface area contributed by atoms with Gasteiger partial charge >= 0.3 is 0 Å². The first kappa shape index (κ1) is 16.9. The van der Waals surface area contributed by atoms with Crippen molar-refractivity contribution < 1.29 is 4.74 Å². The highest BCUT2D eigenvalue weighted by molar-refractivity contribution is 5.41. The predicted octanol–water partition coefficient (Wildman–Crippen LogP) is 2.61. The summed E-state index contributed by atoms with van der Waals surface area (Å²) in [6, 6.07) is 4.31. The Morgan fingerprint density at radius 1 is 1.35 bits per heavy atom. The lowest BCUT2D eigenvalue weighted by Gasteiger charge is -2.19. The largest absolute Gasteiger partial charge is 0.380 e. The van der Waals surface area contributed by atoms with Gasteiger partial charge in [-0.15, -0.1) is 0 Å². The predicted molar refractivity (Wildman–Crippen MR) is 85.3 cm³/mol. The standard InChI is InChI=1S/C16H29N3O/c1-6-20-8-7-19(5)16-10-15(9-14(4)18-16)12-17-11-13(2)3/h9-10,13,17H,6-8,11-12H2,1-5H3. The van der Waals surface area contributed by atoms with Crippen LogP contribution in [0.4, 0.5) is 5.82 Å². The zero-order valence-corrected chi connectivity index (χ0v) is 13.6. The molecule has 1 N–H and O–H groups in total. The minimum atomic E-state index is 0.672. The molecule has 0 fully saturated rings. The Balaban J connectivity index is 2.60. The molecule has 0 atom stereocenters. The van der Waals surface area contributed by atoms with Crippen LogP contribution in [0.3, 0.4) is 0 Å². The molecular weight excluding hydrogens is 250 g/mol. The number of anilines is 1. The van der Waals surface area contributed by atoms with Crippen molar-refractivity contribution in [1.82, 2.24) is 10.3 Å². The molecule has 0 saturated heterocycles. The van der Waals surface area contributed by atoms with Crippen molar-refractivity contribution in [1.29, 1.82) is 0 Å². The lowest BCUT2D eigenvalue weighted by atomic mass is 10.2. The summed E-state index contributed by atoms with van der Waals surface area (Å²) in [5.41, 5.74) is 2.35. The molecule has 0 aliphatic carbocycles. The number of aryl methyl sites for hydroxylation is 1. The molecule has 0 bridgehead atoms. The number of aromatic nitrogens is 1. The third-order valence-corrected chi connectivity index (χ3v) is 3.05. The number of rotatable bonds is 9. The normalized spacial score (nSPS) is 11.1. The highest BCUT2D eigenvalue weighted by atomic mass is 16.5. The SMILES string of the molecule is CCOCCN(C)c1cc(CNCC(C)C)cc(C)n1. The third kappa shape index (κ3) is 6.35. The Hall–Kier alpha value is -1.13. The van der Waals surface area contributed by atoms with Crippen LogP contribution in [0.15, 0.2) is 12.1 Å². The van der Waals surface area contributed by atoms with E-state index in [9.17, 15) is 0 Å². The van der Waals surface area contributed by atoms with Gasteiger partial charge in [-0.05, 0) is 44.0 Å². The van der Waals surface area contributed by atoms with E-state index in [-0.39, 0.29) is 0 Å². The zero-order chi connectivity index (χ0) is 15.0. The van der Waals surface area contributed by atoms with E-state index in [1.165, 1.54) is 5.56 Å². The average molecular weight is 279 g/mol. The maximum atomic E-state index is 5.40. The van der Waals surface area contributed by atoms with Crippen molar-refractivity contribution in [2.75, 3.05) is 38.3 Å². The molecule has 1 rings (SSSR count). The molecule has 4 nitrogen and oxygen atoms in total. The minimum Gasteiger partial charge on any atom is -0.380 e. The smallest absolute Gasteiger partial charge is 0.128 e. The highest BCUT2D eigenvalue weighted by Gasteiger charge is 2.05. The van der Waals surface area contributed by atoms with Gasteiger partial charge in [0.2, 0.25) is 0 Å². The van der Waals surface area contributed by atoms with E-state index >= 15 is 0 Å². The molecule has 0 aliphatic rings. The van der Waals surface area contributed by atoms with Gasteiger partial charge in [-0.2, -0.15) is 0 Å². The van der Waals surface area contributed by atoms with Crippen LogP contribution in [0.1, 0.15) is 32.0 Å². The van der Waals surface area contributed by atoms with Crippen molar-refractivity contribution in [3.8, 4) is 0 Å². The van der Waals surface area contributed by atoms with Crippen LogP contribution >= 0.6 is 0 Å². The van der Waals surface area contributed by atoms with Gasteiger partial charge < -0.3 is 15.0 Å². The first-order chi connectivity index (χ1) is 9.52. The van der Waals surface area contributed by atoms with Crippen LogP contribution in [0.25, 0.3) is 0 Å². The van der Waals surface area contributed by atoms with E-state index in [0.29, 0.717) is 5.92 Å². The fraction of sp³-hybridized carbons (Fsp3) is 0.688. The monoisotopic (exact) mass is 279 g/mol. The van der Waals surface area contributed by atoms with Crippen molar-refractivity contribution in [3.63, 3.8) is 0 Å². The van der Waals surface area contributed by atoms with Crippen molar-refractivity contribution in [2.24, 2.45) is 5.92 Å². The number of pyridine rings is 1. The summed E-state index contributed by atoms with van der Waals surface area (Å²) in [5.74, 6) is 1.69. The van der Waals surface area contributed by atoms with Crippen molar-refractivity contribution >= 4 is 5.82 Å². The van der Waals surface area contributed by atoms with Crippen LogP contribution in [-0.2, 0) is 11.3 Å². The van der Waals surface area contributed by atoms with E-state index in [0.717, 1.165) is 44.4 Å². The van der Waals surface area contributed by atoms with Crippen molar-refractivity contribution in [3.05, 3.63) is 23.4 Å². The molecule has 0 spiro atoms. The zero-order valence-electron chi connectivity index (χ0n) is 13.6. The first-order valence-corrected chi connectivity index (χ1v) is 7.50. The van der Waals surface area contributed by atoms with Gasteiger partial charge in [0.1, 0.15) is 5.82 Å². The summed E-state index contributed by atoms with van der Waals surface area (Å²) < 4.78 is 5.40. The van der Waals surface area contributed by atoms with Gasteiger partial charge in [0, 0.05) is 32.4 Å². The molecular formula is C16H29N3O. The maximum absolute atomic E-state index is 5.40. The van der Waals surface area contributed by atoms with E-state index in [2.05, 4.69) is 48.2 Å². The lowest BCUT2D eigenvalue weighted by molar-refractivity contribution is 0.154. The third-order valence-electron chi connectivity index (χ3n) is 3.05. The van der Waals surface area contributed by atoms with Crippen LogP contribution in [0.5, 0.6) is 0 Å². The van der Waals surface area contributed by atoms with Crippen LogP contribution in [0.2, 0.25) is 0 Å². The van der Waals surface area contributed by atoms with E-state index < -0.39 is 0 Å². The van der Waals surface area contributed by atoms with E-state index in [4.69, 9.17) is 4.74 Å². The van der Waals surface area contributed by atoms with E-state index in [1.807, 2.05) is 13.8 Å². The second-order valence-corrected chi connectivity index (χ2v) is 5.62.